The Hall–Kier alpha value is -2.20. The molecule has 0 aliphatic carbocycles. The standard InChI is InChI=1S/C24H38N4O5/c1-17-14-28(18(2)16-29)24(31)20-13-19(5-6-21(20)33-22(17)15-26(3)4)25-23(30)7-8-27-9-11-32-12-10-27/h5-6,13,17-18,22,29H,7-12,14-16H2,1-4H3,(H,25,30)/t17-,18+,22-/m0/s1. The maximum atomic E-state index is 13.4. The highest BCUT2D eigenvalue weighted by atomic mass is 16.5. The predicted octanol–water partition coefficient (Wildman–Crippen LogP) is 1.13. The molecule has 9 nitrogen and oxygen atoms in total. The molecule has 1 fully saturated rings. The van der Waals surface area contributed by atoms with Crippen molar-refractivity contribution in [3.05, 3.63) is 23.8 Å². The van der Waals surface area contributed by atoms with Crippen molar-refractivity contribution in [1.29, 1.82) is 0 Å². The number of morpholine rings is 1. The SMILES string of the molecule is C[C@H](CO)N1C[C@H](C)[C@H](CN(C)C)Oc2ccc(NC(=O)CCN3CCOCC3)cc2C1=O. The number of hydrogen-bond donors (Lipinski definition) is 2. The maximum Gasteiger partial charge on any atom is 0.258 e. The van der Waals surface area contributed by atoms with Crippen molar-refractivity contribution >= 4 is 17.5 Å². The number of carbonyl (C=O) groups is 2. The first-order chi connectivity index (χ1) is 15.8. The van der Waals surface area contributed by atoms with Crippen LogP contribution < -0.4 is 10.1 Å². The summed E-state index contributed by atoms with van der Waals surface area (Å²) in [6, 6.07) is 4.90. The Bertz CT molecular complexity index is 812. The van der Waals surface area contributed by atoms with E-state index in [9.17, 15) is 14.7 Å². The van der Waals surface area contributed by atoms with Crippen molar-refractivity contribution in [2.45, 2.75) is 32.4 Å². The molecule has 0 saturated carbocycles. The summed E-state index contributed by atoms with van der Waals surface area (Å²) in [5, 5.41) is 12.7. The molecule has 0 aromatic heterocycles. The molecular formula is C24H38N4O5. The van der Waals surface area contributed by atoms with Crippen LogP contribution in [-0.2, 0) is 9.53 Å². The van der Waals surface area contributed by atoms with Crippen molar-refractivity contribution in [1.82, 2.24) is 14.7 Å². The molecule has 0 radical (unpaired) electrons. The average molecular weight is 463 g/mol. The molecule has 2 aliphatic heterocycles. The minimum absolute atomic E-state index is 0.0815. The van der Waals surface area contributed by atoms with Crippen molar-refractivity contribution in [2.75, 3.05) is 72.0 Å². The monoisotopic (exact) mass is 462 g/mol. The Labute approximate surface area is 196 Å². The van der Waals surface area contributed by atoms with Gasteiger partial charge in [-0.25, -0.2) is 0 Å². The first kappa shape index (κ1) is 25.4. The van der Waals surface area contributed by atoms with E-state index < -0.39 is 0 Å². The normalized spacial score (nSPS) is 22.8. The molecule has 1 aromatic carbocycles. The van der Waals surface area contributed by atoms with E-state index in [1.807, 2.05) is 21.0 Å². The van der Waals surface area contributed by atoms with Gasteiger partial charge < -0.3 is 29.7 Å². The van der Waals surface area contributed by atoms with Crippen LogP contribution in [0.5, 0.6) is 5.75 Å². The predicted molar refractivity (Wildman–Crippen MR) is 127 cm³/mol. The molecule has 1 saturated heterocycles. The number of hydrogen-bond acceptors (Lipinski definition) is 7. The van der Waals surface area contributed by atoms with E-state index in [1.165, 1.54) is 0 Å². The summed E-state index contributed by atoms with van der Waals surface area (Å²) in [5.41, 5.74) is 0.962. The van der Waals surface area contributed by atoms with Crippen molar-refractivity contribution in [3.8, 4) is 5.75 Å². The molecule has 3 rings (SSSR count). The van der Waals surface area contributed by atoms with E-state index in [-0.39, 0.29) is 36.5 Å². The lowest BCUT2D eigenvalue weighted by Crippen LogP contribution is -2.49. The van der Waals surface area contributed by atoms with Gasteiger partial charge in [0, 0.05) is 50.7 Å². The van der Waals surface area contributed by atoms with Gasteiger partial charge in [-0.3, -0.25) is 14.5 Å². The molecule has 2 heterocycles. The molecule has 2 N–H and O–H groups in total. The number of aliphatic hydroxyl groups is 1. The summed E-state index contributed by atoms with van der Waals surface area (Å²) in [5.74, 6) is 0.282. The molecule has 9 heteroatoms. The van der Waals surface area contributed by atoms with Crippen LogP contribution in [0.25, 0.3) is 0 Å². The van der Waals surface area contributed by atoms with E-state index in [0.29, 0.717) is 56.3 Å². The summed E-state index contributed by atoms with van der Waals surface area (Å²) in [6.07, 6.45) is 0.256. The lowest BCUT2D eigenvalue weighted by molar-refractivity contribution is -0.116. The van der Waals surface area contributed by atoms with E-state index in [0.717, 1.165) is 13.1 Å². The smallest absolute Gasteiger partial charge is 0.258 e. The van der Waals surface area contributed by atoms with Gasteiger partial charge in [0.15, 0.2) is 0 Å². The molecule has 3 atom stereocenters. The highest BCUT2D eigenvalue weighted by Gasteiger charge is 2.33. The molecule has 184 valence electrons. The molecule has 0 spiro atoms. The number of nitrogens with one attached hydrogen (secondary N) is 1. The minimum Gasteiger partial charge on any atom is -0.488 e. The Morgan fingerprint density at radius 2 is 2.03 bits per heavy atom. The number of rotatable bonds is 8. The van der Waals surface area contributed by atoms with E-state index in [1.54, 1.807) is 23.1 Å². The van der Waals surface area contributed by atoms with Gasteiger partial charge in [-0.15, -0.1) is 0 Å². The number of fused-ring (bicyclic) bond motifs is 1. The van der Waals surface area contributed by atoms with Gasteiger partial charge in [0.25, 0.3) is 5.91 Å². The van der Waals surface area contributed by atoms with E-state index in [2.05, 4.69) is 22.0 Å². The van der Waals surface area contributed by atoms with Crippen LogP contribution in [0.15, 0.2) is 18.2 Å². The van der Waals surface area contributed by atoms with Crippen molar-refractivity contribution < 1.29 is 24.2 Å². The van der Waals surface area contributed by atoms with Gasteiger partial charge in [-0.1, -0.05) is 6.92 Å². The molecule has 1 aromatic rings. The number of likely N-dealkylation sites (N-methyl/N-ethyl adjacent to an activating group) is 1. The Balaban J connectivity index is 1.78. The summed E-state index contributed by atoms with van der Waals surface area (Å²) in [6.45, 7) is 8.71. The summed E-state index contributed by atoms with van der Waals surface area (Å²) < 4.78 is 11.6. The van der Waals surface area contributed by atoms with Gasteiger partial charge in [0.1, 0.15) is 11.9 Å². The van der Waals surface area contributed by atoms with Gasteiger partial charge in [0.2, 0.25) is 5.91 Å². The number of aliphatic hydroxyl groups excluding tert-OH is 1. The molecular weight excluding hydrogens is 424 g/mol. The van der Waals surface area contributed by atoms with Crippen molar-refractivity contribution in [3.63, 3.8) is 0 Å². The van der Waals surface area contributed by atoms with Crippen LogP contribution in [0.1, 0.15) is 30.6 Å². The van der Waals surface area contributed by atoms with Crippen LogP contribution >= 0.6 is 0 Å². The molecule has 33 heavy (non-hydrogen) atoms. The number of amides is 2. The number of benzene rings is 1. The number of carbonyl (C=O) groups excluding carboxylic acids is 2. The second-order valence-electron chi connectivity index (χ2n) is 9.35. The molecule has 2 amide bonds. The molecule has 0 bridgehead atoms. The molecule has 0 unspecified atom stereocenters. The zero-order valence-corrected chi connectivity index (χ0v) is 20.2. The minimum atomic E-state index is -0.322. The lowest BCUT2D eigenvalue weighted by atomic mass is 9.99. The summed E-state index contributed by atoms with van der Waals surface area (Å²) in [4.78, 5) is 31.9. The third kappa shape index (κ3) is 6.89. The first-order valence-corrected chi connectivity index (χ1v) is 11.8. The van der Waals surface area contributed by atoms with Gasteiger partial charge in [0.05, 0.1) is 31.4 Å². The summed E-state index contributed by atoms with van der Waals surface area (Å²) >= 11 is 0. The van der Waals surface area contributed by atoms with E-state index >= 15 is 0 Å². The largest absolute Gasteiger partial charge is 0.488 e. The van der Waals surface area contributed by atoms with Crippen LogP contribution in [0.2, 0.25) is 0 Å². The summed E-state index contributed by atoms with van der Waals surface area (Å²) in [7, 11) is 3.98. The molecule has 2 aliphatic rings. The topological polar surface area (TPSA) is 94.6 Å². The van der Waals surface area contributed by atoms with Gasteiger partial charge >= 0.3 is 0 Å². The van der Waals surface area contributed by atoms with Crippen molar-refractivity contribution in [2.24, 2.45) is 5.92 Å². The lowest BCUT2D eigenvalue weighted by Gasteiger charge is -2.37. The quantitative estimate of drug-likeness (QED) is 0.598. The van der Waals surface area contributed by atoms with Crippen LogP contribution in [0.4, 0.5) is 5.69 Å². The Morgan fingerprint density at radius 1 is 1.30 bits per heavy atom. The second-order valence-corrected chi connectivity index (χ2v) is 9.35. The van der Waals surface area contributed by atoms with Crippen LogP contribution in [0.3, 0.4) is 0 Å². The zero-order chi connectivity index (χ0) is 24.0. The third-order valence-electron chi connectivity index (χ3n) is 6.25. The van der Waals surface area contributed by atoms with Crippen LogP contribution in [-0.4, -0.2) is 110 Å². The average Bonchev–Trinajstić information content (AvgIpc) is 2.80. The third-order valence-corrected chi connectivity index (χ3v) is 6.25. The fourth-order valence-corrected chi connectivity index (χ4v) is 4.19. The fraction of sp³-hybridized carbons (Fsp3) is 0.667. The maximum absolute atomic E-state index is 13.4. The second kappa shape index (κ2) is 11.8. The number of anilines is 1. The first-order valence-electron chi connectivity index (χ1n) is 11.8. The highest BCUT2D eigenvalue weighted by Crippen LogP contribution is 2.30. The number of nitrogens with zero attached hydrogens (tertiary/aromatic N) is 3. The Morgan fingerprint density at radius 3 is 2.70 bits per heavy atom. The van der Waals surface area contributed by atoms with Gasteiger partial charge in [-0.05, 0) is 39.2 Å². The van der Waals surface area contributed by atoms with E-state index in [4.69, 9.17) is 9.47 Å². The van der Waals surface area contributed by atoms with Crippen LogP contribution in [0, 0.1) is 5.92 Å². The fourth-order valence-electron chi connectivity index (χ4n) is 4.19. The van der Waals surface area contributed by atoms with Gasteiger partial charge in [-0.2, -0.15) is 0 Å². The highest BCUT2D eigenvalue weighted by molar-refractivity contribution is 5.99. The Kier molecular flexibility index (Phi) is 9.08. The number of ether oxygens (including phenoxy) is 2. The zero-order valence-electron chi connectivity index (χ0n) is 20.2.